The number of hydrogen-bond acceptors (Lipinski definition) is 6. The van der Waals surface area contributed by atoms with Gasteiger partial charge >= 0.3 is 11.9 Å². The van der Waals surface area contributed by atoms with Gasteiger partial charge in [-0.15, -0.1) is 0 Å². The van der Waals surface area contributed by atoms with E-state index >= 15 is 0 Å². The number of benzene rings is 1. The molecule has 0 radical (unpaired) electrons. The number of aryl methyl sites for hydroxylation is 1. The molecule has 0 fully saturated rings. The Morgan fingerprint density at radius 2 is 1.48 bits per heavy atom. The van der Waals surface area contributed by atoms with Crippen molar-refractivity contribution in [2.45, 2.75) is 78.2 Å². The molecule has 1 amide bonds. The molecule has 31 heavy (non-hydrogen) atoms. The Morgan fingerprint density at radius 1 is 0.871 bits per heavy atom. The van der Waals surface area contributed by atoms with E-state index in [4.69, 9.17) is 14.2 Å². The van der Waals surface area contributed by atoms with Crippen molar-refractivity contribution in [3.8, 4) is 5.75 Å². The Bertz CT molecular complexity index is 668. The first-order chi connectivity index (χ1) is 14.8. The molecule has 0 saturated carbocycles. The minimum absolute atomic E-state index is 0.0330. The molecule has 0 heterocycles. The van der Waals surface area contributed by atoms with Gasteiger partial charge < -0.3 is 19.5 Å². The predicted octanol–water partition coefficient (Wildman–Crippen LogP) is 3.97. The largest absolute Gasteiger partial charge is 0.494 e. The van der Waals surface area contributed by atoms with E-state index in [1.165, 1.54) is 26.3 Å². The van der Waals surface area contributed by atoms with Crippen LogP contribution in [0.25, 0.3) is 0 Å². The second-order valence-electron chi connectivity index (χ2n) is 7.93. The lowest BCUT2D eigenvalue weighted by Gasteiger charge is -2.33. The molecule has 0 aliphatic carbocycles. The van der Waals surface area contributed by atoms with Crippen molar-refractivity contribution in [2.24, 2.45) is 0 Å². The number of ether oxygens (including phenoxy) is 3. The van der Waals surface area contributed by atoms with Gasteiger partial charge in [0.2, 0.25) is 5.91 Å². The van der Waals surface area contributed by atoms with Crippen molar-refractivity contribution in [3.05, 3.63) is 29.8 Å². The summed E-state index contributed by atoms with van der Waals surface area (Å²) in [6, 6.07) is 8.19. The van der Waals surface area contributed by atoms with E-state index in [9.17, 15) is 14.4 Å². The van der Waals surface area contributed by atoms with E-state index in [1.54, 1.807) is 0 Å². The number of amides is 1. The monoisotopic (exact) mass is 435 g/mol. The minimum atomic E-state index is -0.916. The first-order valence-electron chi connectivity index (χ1n) is 11.0. The lowest BCUT2D eigenvalue weighted by Crippen LogP contribution is -2.55. The van der Waals surface area contributed by atoms with Crippen LogP contribution in [0.15, 0.2) is 24.3 Å². The lowest BCUT2D eigenvalue weighted by molar-refractivity contribution is -0.150. The quantitative estimate of drug-likeness (QED) is 0.331. The Morgan fingerprint density at radius 3 is 2.00 bits per heavy atom. The molecule has 1 aromatic rings. The zero-order chi connectivity index (χ0) is 23.1. The second kappa shape index (κ2) is 14.4. The zero-order valence-corrected chi connectivity index (χ0v) is 19.3. The third-order valence-electron chi connectivity index (χ3n) is 4.86. The highest BCUT2D eigenvalue weighted by molar-refractivity contribution is 5.74. The summed E-state index contributed by atoms with van der Waals surface area (Å²) in [6.45, 7) is 6.83. The molecule has 0 aliphatic heterocycles. The molecule has 1 N–H and O–H groups in total. The molecule has 1 rings (SSSR count). The summed E-state index contributed by atoms with van der Waals surface area (Å²) in [4.78, 5) is 34.3. The summed E-state index contributed by atoms with van der Waals surface area (Å²) < 4.78 is 16.0. The van der Waals surface area contributed by atoms with E-state index in [-0.39, 0.29) is 19.1 Å². The zero-order valence-electron chi connectivity index (χ0n) is 19.3. The average Bonchev–Trinajstić information content (AvgIpc) is 2.71. The topological polar surface area (TPSA) is 90.9 Å². The highest BCUT2D eigenvalue weighted by Gasteiger charge is 2.33. The fourth-order valence-corrected chi connectivity index (χ4v) is 3.23. The van der Waals surface area contributed by atoms with Gasteiger partial charge in [-0.3, -0.25) is 14.4 Å². The van der Waals surface area contributed by atoms with Crippen LogP contribution in [0, 0.1) is 0 Å². The molecule has 0 spiro atoms. The van der Waals surface area contributed by atoms with Crippen LogP contribution in [-0.4, -0.2) is 43.2 Å². The first kappa shape index (κ1) is 26.5. The molecule has 7 nitrogen and oxygen atoms in total. The number of unbranched alkanes of at least 4 members (excludes halogenated alkanes) is 3. The lowest BCUT2D eigenvalue weighted by atomic mass is 9.92. The van der Waals surface area contributed by atoms with Crippen LogP contribution in [0.2, 0.25) is 0 Å². The Kier molecular flexibility index (Phi) is 12.3. The van der Waals surface area contributed by atoms with Crippen LogP contribution < -0.4 is 10.1 Å². The van der Waals surface area contributed by atoms with Crippen molar-refractivity contribution in [1.29, 1.82) is 0 Å². The Balaban J connectivity index is 2.54. The summed E-state index contributed by atoms with van der Waals surface area (Å²) in [6.07, 6.45) is 6.35. The summed E-state index contributed by atoms with van der Waals surface area (Å²) in [5, 5.41) is 2.83. The van der Waals surface area contributed by atoms with E-state index in [0.717, 1.165) is 50.9 Å². The maximum absolute atomic E-state index is 11.7. The van der Waals surface area contributed by atoms with Crippen LogP contribution in [0.5, 0.6) is 5.75 Å². The Labute approximate surface area is 185 Å². The summed E-state index contributed by atoms with van der Waals surface area (Å²) in [5.41, 5.74) is 0.330. The van der Waals surface area contributed by atoms with Gasteiger partial charge in [0.15, 0.2) is 0 Å². The molecule has 0 atom stereocenters. The fraction of sp³-hybridized carbons (Fsp3) is 0.625. The minimum Gasteiger partial charge on any atom is -0.494 e. The molecule has 7 heteroatoms. The fourth-order valence-electron chi connectivity index (χ4n) is 3.23. The van der Waals surface area contributed by atoms with Crippen LogP contribution in [0.3, 0.4) is 0 Å². The number of carbonyl (C=O) groups excluding carboxylic acids is 3. The van der Waals surface area contributed by atoms with Crippen LogP contribution in [0.4, 0.5) is 0 Å². The number of esters is 2. The Hall–Kier alpha value is -2.57. The van der Waals surface area contributed by atoms with Gasteiger partial charge in [-0.25, -0.2) is 0 Å². The molecular weight excluding hydrogens is 398 g/mol. The second-order valence-corrected chi connectivity index (χ2v) is 7.93. The number of carbonyl (C=O) groups is 3. The van der Waals surface area contributed by atoms with Crippen molar-refractivity contribution in [1.82, 2.24) is 5.32 Å². The van der Waals surface area contributed by atoms with Crippen LogP contribution in [0.1, 0.15) is 71.8 Å². The van der Waals surface area contributed by atoms with Gasteiger partial charge in [0.05, 0.1) is 6.61 Å². The standard InChI is InChI=1S/C24H37NO6/c1-5-6-16-29-23-13-11-22(12-14-23)10-8-7-9-15-24(25-19(2)26,17-30-20(3)27)18-31-21(4)28/h11-14H,5-10,15-18H2,1-4H3,(H,25,26). The van der Waals surface area contributed by atoms with Crippen LogP contribution in [-0.2, 0) is 30.3 Å². The van der Waals surface area contributed by atoms with Crippen molar-refractivity contribution >= 4 is 17.8 Å². The third-order valence-corrected chi connectivity index (χ3v) is 4.86. The molecule has 0 saturated heterocycles. The first-order valence-corrected chi connectivity index (χ1v) is 11.0. The highest BCUT2D eigenvalue weighted by Crippen LogP contribution is 2.20. The van der Waals surface area contributed by atoms with Crippen molar-refractivity contribution in [2.75, 3.05) is 19.8 Å². The van der Waals surface area contributed by atoms with Gasteiger partial charge in [0, 0.05) is 20.8 Å². The molecule has 174 valence electrons. The predicted molar refractivity (Wildman–Crippen MR) is 119 cm³/mol. The smallest absolute Gasteiger partial charge is 0.302 e. The number of rotatable bonds is 15. The molecule has 1 aromatic carbocycles. The van der Waals surface area contributed by atoms with Gasteiger partial charge in [-0.05, 0) is 43.4 Å². The molecule has 0 aliphatic rings. The van der Waals surface area contributed by atoms with Gasteiger partial charge in [0.25, 0.3) is 0 Å². The third kappa shape index (κ3) is 12.0. The maximum atomic E-state index is 11.7. The summed E-state index contributed by atoms with van der Waals surface area (Å²) >= 11 is 0. The molecule has 0 aromatic heterocycles. The molecule has 0 unspecified atom stereocenters. The van der Waals surface area contributed by atoms with Crippen molar-refractivity contribution < 1.29 is 28.6 Å². The van der Waals surface area contributed by atoms with E-state index in [0.29, 0.717) is 6.42 Å². The number of hydrogen-bond donors (Lipinski definition) is 1. The van der Waals surface area contributed by atoms with E-state index in [1.807, 2.05) is 12.1 Å². The van der Waals surface area contributed by atoms with Crippen molar-refractivity contribution in [3.63, 3.8) is 0 Å². The highest BCUT2D eigenvalue weighted by atomic mass is 16.5. The summed E-state index contributed by atoms with van der Waals surface area (Å²) in [7, 11) is 0. The SMILES string of the molecule is CCCCOc1ccc(CCCCCC(COC(C)=O)(COC(C)=O)NC(C)=O)cc1. The normalized spacial score (nSPS) is 11.0. The van der Waals surface area contributed by atoms with Crippen LogP contribution >= 0.6 is 0 Å². The van der Waals surface area contributed by atoms with E-state index in [2.05, 4.69) is 24.4 Å². The van der Waals surface area contributed by atoms with E-state index < -0.39 is 17.5 Å². The summed E-state index contributed by atoms with van der Waals surface area (Å²) in [5.74, 6) is -0.256. The average molecular weight is 436 g/mol. The van der Waals surface area contributed by atoms with Gasteiger partial charge in [-0.1, -0.05) is 38.3 Å². The number of nitrogens with one attached hydrogen (secondary N) is 1. The molecular formula is C24H37NO6. The van der Waals surface area contributed by atoms with Gasteiger partial charge in [-0.2, -0.15) is 0 Å². The molecule has 0 bridgehead atoms. The van der Waals surface area contributed by atoms with Gasteiger partial charge in [0.1, 0.15) is 24.5 Å². The maximum Gasteiger partial charge on any atom is 0.302 e.